The van der Waals surface area contributed by atoms with E-state index >= 15 is 0 Å². The zero-order valence-electron chi connectivity index (χ0n) is 12.2. The molecule has 118 valence electrons. The minimum atomic E-state index is -3.95. The number of sulfonamides is 1. The lowest BCUT2D eigenvalue weighted by atomic mass is 10.2. The lowest BCUT2D eigenvalue weighted by Crippen LogP contribution is -2.41. The molecule has 0 aliphatic carbocycles. The lowest BCUT2D eigenvalue weighted by molar-refractivity contribution is 0.0732. The second-order valence-electron chi connectivity index (χ2n) is 4.82. The number of carbonyl (C=O) groups excluding carboxylic acids is 1. The van der Waals surface area contributed by atoms with E-state index in [2.05, 4.69) is 0 Å². The van der Waals surface area contributed by atoms with Gasteiger partial charge in [-0.1, -0.05) is 31.2 Å². The summed E-state index contributed by atoms with van der Waals surface area (Å²) in [5.74, 6) is -0.338. The summed E-state index contributed by atoms with van der Waals surface area (Å²) >= 11 is 1.27. The monoisotopic (exact) mass is 338 g/mol. The summed E-state index contributed by atoms with van der Waals surface area (Å²) in [5.41, 5.74) is 0.446. The minimum absolute atomic E-state index is 0.312. The zero-order valence-corrected chi connectivity index (χ0v) is 13.8. The fourth-order valence-corrected chi connectivity index (χ4v) is 4.48. The highest BCUT2D eigenvalue weighted by Crippen LogP contribution is 2.30. The van der Waals surface area contributed by atoms with Gasteiger partial charge in [0, 0.05) is 17.0 Å². The standard InChI is InChI=1S/C15H18N2O3S2/c1-2-10-17(14(18)12-7-4-3-5-8-12)15(22(16,19)20)13-9-6-11-21-13/h3-9,11,15H,2,10H2,1H3,(H2,16,19,20). The molecule has 2 aromatic rings. The first-order valence-corrected chi connectivity index (χ1v) is 9.35. The number of nitrogens with two attached hydrogens (primary N) is 1. The van der Waals surface area contributed by atoms with Crippen molar-refractivity contribution in [2.75, 3.05) is 6.54 Å². The van der Waals surface area contributed by atoms with Crippen LogP contribution in [0.5, 0.6) is 0 Å². The zero-order chi connectivity index (χ0) is 16.2. The molecule has 0 fully saturated rings. The van der Waals surface area contributed by atoms with Gasteiger partial charge in [-0.15, -0.1) is 11.3 Å². The van der Waals surface area contributed by atoms with Crippen molar-refractivity contribution < 1.29 is 13.2 Å². The van der Waals surface area contributed by atoms with Crippen molar-refractivity contribution >= 4 is 27.3 Å². The Morgan fingerprint density at radius 2 is 1.91 bits per heavy atom. The van der Waals surface area contributed by atoms with Gasteiger partial charge in [-0.3, -0.25) is 4.79 Å². The maximum Gasteiger partial charge on any atom is 0.255 e. The van der Waals surface area contributed by atoms with Crippen LogP contribution in [0.25, 0.3) is 0 Å². The molecule has 0 spiro atoms. The Hall–Kier alpha value is -1.70. The molecule has 2 rings (SSSR count). The van der Waals surface area contributed by atoms with Gasteiger partial charge in [0.2, 0.25) is 10.0 Å². The summed E-state index contributed by atoms with van der Waals surface area (Å²) in [4.78, 5) is 14.6. The van der Waals surface area contributed by atoms with E-state index in [1.807, 2.05) is 6.92 Å². The van der Waals surface area contributed by atoms with Crippen molar-refractivity contribution in [3.63, 3.8) is 0 Å². The summed E-state index contributed by atoms with van der Waals surface area (Å²) < 4.78 is 24.1. The third-order valence-electron chi connectivity index (χ3n) is 3.13. The lowest BCUT2D eigenvalue weighted by Gasteiger charge is -2.29. The van der Waals surface area contributed by atoms with E-state index in [4.69, 9.17) is 5.14 Å². The number of rotatable bonds is 6. The normalized spacial score (nSPS) is 12.8. The van der Waals surface area contributed by atoms with E-state index in [1.54, 1.807) is 47.8 Å². The Bertz CT molecular complexity index is 713. The average molecular weight is 338 g/mol. The number of amides is 1. The van der Waals surface area contributed by atoms with Crippen LogP contribution in [0.2, 0.25) is 0 Å². The molecule has 7 heteroatoms. The Labute approximate surface area is 134 Å². The smallest absolute Gasteiger partial charge is 0.255 e. The van der Waals surface area contributed by atoms with Gasteiger partial charge in [0.1, 0.15) is 0 Å². The highest BCUT2D eigenvalue weighted by molar-refractivity contribution is 7.89. The summed E-state index contributed by atoms with van der Waals surface area (Å²) in [7, 11) is -3.95. The summed E-state index contributed by atoms with van der Waals surface area (Å²) in [6.07, 6.45) is 0.635. The maximum absolute atomic E-state index is 12.7. The van der Waals surface area contributed by atoms with E-state index in [9.17, 15) is 13.2 Å². The quantitative estimate of drug-likeness (QED) is 0.879. The van der Waals surface area contributed by atoms with Gasteiger partial charge in [-0.2, -0.15) is 0 Å². The molecule has 1 unspecified atom stereocenters. The Morgan fingerprint density at radius 1 is 1.23 bits per heavy atom. The van der Waals surface area contributed by atoms with Crippen LogP contribution in [0.3, 0.4) is 0 Å². The topological polar surface area (TPSA) is 80.5 Å². The summed E-state index contributed by atoms with van der Waals surface area (Å²) in [5, 5.41) is 6.02. The number of benzene rings is 1. The van der Waals surface area contributed by atoms with Crippen molar-refractivity contribution in [3.05, 3.63) is 58.3 Å². The molecule has 2 N–H and O–H groups in total. The van der Waals surface area contributed by atoms with Crippen LogP contribution < -0.4 is 5.14 Å². The fourth-order valence-electron chi connectivity index (χ4n) is 2.24. The first-order chi connectivity index (χ1) is 10.4. The molecular weight excluding hydrogens is 320 g/mol. The second kappa shape index (κ2) is 7.04. The number of hydrogen-bond acceptors (Lipinski definition) is 4. The molecule has 1 aromatic heterocycles. The van der Waals surface area contributed by atoms with Crippen LogP contribution in [-0.4, -0.2) is 25.8 Å². The van der Waals surface area contributed by atoms with Crippen LogP contribution in [0.4, 0.5) is 0 Å². The van der Waals surface area contributed by atoms with Crippen molar-refractivity contribution in [3.8, 4) is 0 Å². The maximum atomic E-state index is 12.7. The Balaban J connectivity index is 2.46. The van der Waals surface area contributed by atoms with Crippen LogP contribution in [-0.2, 0) is 10.0 Å². The molecule has 5 nitrogen and oxygen atoms in total. The first kappa shape index (κ1) is 16.7. The highest BCUT2D eigenvalue weighted by Gasteiger charge is 2.34. The van der Waals surface area contributed by atoms with Gasteiger partial charge in [0.25, 0.3) is 5.91 Å². The number of primary sulfonamides is 1. The number of carbonyl (C=O) groups is 1. The molecule has 1 atom stereocenters. The summed E-state index contributed by atoms with van der Waals surface area (Å²) in [6.45, 7) is 2.20. The molecule has 22 heavy (non-hydrogen) atoms. The van der Waals surface area contributed by atoms with Crippen molar-refractivity contribution in [2.24, 2.45) is 5.14 Å². The Kier molecular flexibility index (Phi) is 5.33. The van der Waals surface area contributed by atoms with Gasteiger partial charge in [0.05, 0.1) is 0 Å². The van der Waals surface area contributed by atoms with Crippen molar-refractivity contribution in [1.82, 2.24) is 4.90 Å². The third-order valence-corrected chi connectivity index (χ3v) is 5.33. The third kappa shape index (κ3) is 3.73. The predicted molar refractivity (Wildman–Crippen MR) is 87.9 cm³/mol. The molecule has 0 aliphatic rings. The van der Waals surface area contributed by atoms with Crippen molar-refractivity contribution in [2.45, 2.75) is 18.7 Å². The summed E-state index contributed by atoms with van der Waals surface area (Å²) in [6, 6.07) is 12.1. The van der Waals surface area contributed by atoms with E-state index < -0.39 is 15.4 Å². The van der Waals surface area contributed by atoms with E-state index in [1.165, 1.54) is 16.2 Å². The predicted octanol–water partition coefficient (Wildman–Crippen LogP) is 2.59. The molecule has 0 aliphatic heterocycles. The molecule has 0 radical (unpaired) electrons. The molecule has 1 heterocycles. The van der Waals surface area contributed by atoms with Gasteiger partial charge < -0.3 is 4.90 Å². The minimum Gasteiger partial charge on any atom is -0.316 e. The van der Waals surface area contributed by atoms with Gasteiger partial charge in [-0.05, 0) is 30.0 Å². The Morgan fingerprint density at radius 3 is 2.41 bits per heavy atom. The molecular formula is C15H18N2O3S2. The van der Waals surface area contributed by atoms with E-state index in [0.29, 0.717) is 23.4 Å². The van der Waals surface area contributed by atoms with Crippen LogP contribution >= 0.6 is 11.3 Å². The van der Waals surface area contributed by atoms with Gasteiger partial charge in [0.15, 0.2) is 5.37 Å². The molecule has 0 saturated heterocycles. The largest absolute Gasteiger partial charge is 0.316 e. The molecule has 0 saturated carbocycles. The number of nitrogens with zero attached hydrogens (tertiary/aromatic N) is 1. The van der Waals surface area contributed by atoms with Crippen molar-refractivity contribution in [1.29, 1.82) is 0 Å². The van der Waals surface area contributed by atoms with E-state index in [0.717, 1.165) is 0 Å². The first-order valence-electron chi connectivity index (χ1n) is 6.86. The highest BCUT2D eigenvalue weighted by atomic mass is 32.2. The van der Waals surface area contributed by atoms with Crippen LogP contribution in [0, 0.1) is 0 Å². The van der Waals surface area contributed by atoms with E-state index in [-0.39, 0.29) is 5.91 Å². The van der Waals surface area contributed by atoms with Gasteiger partial charge in [-0.25, -0.2) is 13.6 Å². The van der Waals surface area contributed by atoms with Crippen LogP contribution in [0.1, 0.15) is 34.0 Å². The number of hydrogen-bond donors (Lipinski definition) is 1. The SMILES string of the molecule is CCCN(C(=O)c1ccccc1)C(c1cccs1)S(N)(=O)=O. The molecule has 1 aromatic carbocycles. The van der Waals surface area contributed by atoms with Gasteiger partial charge >= 0.3 is 0 Å². The fraction of sp³-hybridized carbons (Fsp3) is 0.267. The van der Waals surface area contributed by atoms with Crippen LogP contribution in [0.15, 0.2) is 47.8 Å². The number of thiophene rings is 1. The molecule has 0 bridgehead atoms. The second-order valence-corrected chi connectivity index (χ2v) is 7.43. The molecule has 1 amide bonds. The average Bonchev–Trinajstić information content (AvgIpc) is 2.99.